The van der Waals surface area contributed by atoms with Gasteiger partial charge in [0.15, 0.2) is 0 Å². The molecule has 5 heteroatoms. The molecule has 98 valence electrons. The maximum absolute atomic E-state index is 12.3. The molecule has 0 saturated carbocycles. The van der Waals surface area contributed by atoms with Crippen molar-refractivity contribution in [1.29, 1.82) is 0 Å². The number of benzene rings is 1. The Morgan fingerprint density at radius 3 is 2.50 bits per heavy atom. The summed E-state index contributed by atoms with van der Waals surface area (Å²) < 4.78 is 0. The molecule has 0 spiro atoms. The number of aromatic hydroxyl groups is 2. The summed E-state index contributed by atoms with van der Waals surface area (Å²) in [5.74, 6) is -0.317. The van der Waals surface area contributed by atoms with E-state index in [1.54, 1.807) is 4.90 Å². The van der Waals surface area contributed by atoms with E-state index in [1.165, 1.54) is 18.2 Å². The molecule has 1 aliphatic heterocycles. The Morgan fingerprint density at radius 2 is 1.89 bits per heavy atom. The fraction of sp³-hybridized carbons (Fsp3) is 0.462. The van der Waals surface area contributed by atoms with Crippen molar-refractivity contribution in [2.24, 2.45) is 0 Å². The smallest absolute Gasteiger partial charge is 0.257 e. The minimum absolute atomic E-state index is 0.0105. The highest BCUT2D eigenvalue weighted by Gasteiger charge is 2.27. The number of amides is 1. The summed E-state index contributed by atoms with van der Waals surface area (Å²) in [6.07, 6.45) is 0. The van der Waals surface area contributed by atoms with Gasteiger partial charge in [0, 0.05) is 23.6 Å². The first-order chi connectivity index (χ1) is 8.47. The number of phenolic OH excluding ortho intramolecular Hbond substituents is 2. The highest BCUT2D eigenvalue weighted by Crippen LogP contribution is 2.28. The molecular formula is C13H17NO3S. The van der Waals surface area contributed by atoms with Crippen LogP contribution in [0.25, 0.3) is 0 Å². The number of carbonyl (C=O) groups is 1. The Hall–Kier alpha value is -1.36. The molecule has 0 radical (unpaired) electrons. The third-order valence-corrected chi connectivity index (χ3v) is 4.14. The van der Waals surface area contributed by atoms with Crippen LogP contribution in [0, 0.1) is 0 Å². The topological polar surface area (TPSA) is 60.8 Å². The molecule has 2 unspecified atom stereocenters. The molecule has 4 nitrogen and oxygen atoms in total. The van der Waals surface area contributed by atoms with Gasteiger partial charge >= 0.3 is 0 Å². The zero-order chi connectivity index (χ0) is 13.3. The number of phenols is 2. The summed E-state index contributed by atoms with van der Waals surface area (Å²) in [5.41, 5.74) is 0.168. The van der Waals surface area contributed by atoms with Gasteiger partial charge in [-0.25, -0.2) is 0 Å². The van der Waals surface area contributed by atoms with Crippen molar-refractivity contribution in [3.63, 3.8) is 0 Å². The second-order valence-corrected chi connectivity index (χ2v) is 6.55. The van der Waals surface area contributed by atoms with E-state index >= 15 is 0 Å². The Kier molecular flexibility index (Phi) is 3.71. The van der Waals surface area contributed by atoms with Crippen LogP contribution in [0.1, 0.15) is 24.2 Å². The van der Waals surface area contributed by atoms with Crippen molar-refractivity contribution in [2.75, 3.05) is 13.1 Å². The lowest BCUT2D eigenvalue weighted by atomic mass is 10.1. The van der Waals surface area contributed by atoms with Gasteiger partial charge < -0.3 is 15.1 Å². The van der Waals surface area contributed by atoms with Crippen molar-refractivity contribution in [2.45, 2.75) is 24.3 Å². The second-order valence-electron chi connectivity index (χ2n) is 4.67. The Morgan fingerprint density at radius 1 is 1.28 bits per heavy atom. The number of carbonyl (C=O) groups excluding carboxylic acids is 1. The molecule has 0 bridgehead atoms. The Labute approximate surface area is 111 Å². The quantitative estimate of drug-likeness (QED) is 0.765. The van der Waals surface area contributed by atoms with Crippen LogP contribution in [0.5, 0.6) is 11.5 Å². The zero-order valence-corrected chi connectivity index (χ0v) is 11.3. The summed E-state index contributed by atoms with van der Waals surface area (Å²) in [5, 5.41) is 19.9. The molecule has 1 amide bonds. The SMILES string of the molecule is CC1CN(C(=O)c2cc(O)ccc2O)CC(C)S1. The van der Waals surface area contributed by atoms with Gasteiger partial charge in [0.25, 0.3) is 5.91 Å². The van der Waals surface area contributed by atoms with Crippen LogP contribution < -0.4 is 0 Å². The molecule has 1 aromatic rings. The van der Waals surface area contributed by atoms with Crippen molar-refractivity contribution < 1.29 is 15.0 Å². The molecule has 2 rings (SSSR count). The molecule has 1 aromatic carbocycles. The number of rotatable bonds is 1. The van der Waals surface area contributed by atoms with Gasteiger partial charge in [-0.15, -0.1) is 0 Å². The van der Waals surface area contributed by atoms with E-state index in [9.17, 15) is 15.0 Å². The average Bonchev–Trinajstić information content (AvgIpc) is 2.30. The van der Waals surface area contributed by atoms with Crippen LogP contribution in [-0.2, 0) is 0 Å². The van der Waals surface area contributed by atoms with E-state index in [1.807, 2.05) is 11.8 Å². The first-order valence-electron chi connectivity index (χ1n) is 5.94. The molecule has 2 atom stereocenters. The second kappa shape index (κ2) is 5.10. The minimum atomic E-state index is -0.220. The highest BCUT2D eigenvalue weighted by atomic mass is 32.2. The van der Waals surface area contributed by atoms with Crippen LogP contribution in [-0.4, -0.2) is 44.6 Å². The van der Waals surface area contributed by atoms with Crippen molar-refractivity contribution in [3.05, 3.63) is 23.8 Å². The van der Waals surface area contributed by atoms with E-state index in [0.717, 1.165) is 0 Å². The summed E-state index contributed by atoms with van der Waals surface area (Å²) >= 11 is 1.86. The minimum Gasteiger partial charge on any atom is -0.508 e. The number of hydrogen-bond acceptors (Lipinski definition) is 4. The normalized spacial score (nSPS) is 24.0. The van der Waals surface area contributed by atoms with Crippen LogP contribution in [0.15, 0.2) is 18.2 Å². The number of nitrogens with zero attached hydrogens (tertiary/aromatic N) is 1. The van der Waals surface area contributed by atoms with Gasteiger partial charge in [0.2, 0.25) is 0 Å². The molecule has 0 aliphatic carbocycles. The average molecular weight is 267 g/mol. The van der Waals surface area contributed by atoms with Crippen molar-refractivity contribution in [3.8, 4) is 11.5 Å². The van der Waals surface area contributed by atoms with Gasteiger partial charge in [-0.3, -0.25) is 4.79 Å². The first kappa shape index (κ1) is 13.1. The van der Waals surface area contributed by atoms with Gasteiger partial charge in [0.1, 0.15) is 11.5 Å². The van der Waals surface area contributed by atoms with Gasteiger partial charge in [-0.05, 0) is 18.2 Å². The molecule has 0 aromatic heterocycles. The van der Waals surface area contributed by atoms with Crippen LogP contribution in [0.3, 0.4) is 0 Å². The first-order valence-corrected chi connectivity index (χ1v) is 6.88. The lowest BCUT2D eigenvalue weighted by Crippen LogP contribution is -2.44. The third-order valence-electron chi connectivity index (χ3n) is 2.92. The lowest BCUT2D eigenvalue weighted by Gasteiger charge is -2.34. The fourth-order valence-corrected chi connectivity index (χ4v) is 3.53. The maximum Gasteiger partial charge on any atom is 0.257 e. The summed E-state index contributed by atoms with van der Waals surface area (Å²) in [6, 6.07) is 4.02. The largest absolute Gasteiger partial charge is 0.508 e. The Bertz CT molecular complexity index is 454. The van der Waals surface area contributed by atoms with Crippen LogP contribution in [0.4, 0.5) is 0 Å². The third kappa shape index (κ3) is 2.72. The number of hydrogen-bond donors (Lipinski definition) is 2. The predicted octanol–water partition coefficient (Wildman–Crippen LogP) is 2.06. The molecule has 1 saturated heterocycles. The van der Waals surface area contributed by atoms with E-state index < -0.39 is 0 Å². The summed E-state index contributed by atoms with van der Waals surface area (Å²) in [7, 11) is 0. The van der Waals surface area contributed by atoms with Gasteiger partial charge in [0.05, 0.1) is 5.56 Å². The standard InChI is InChI=1S/C13H17NO3S/c1-8-6-14(7-9(2)18-8)13(17)11-5-10(15)3-4-12(11)16/h3-5,8-9,15-16H,6-7H2,1-2H3. The van der Waals surface area contributed by atoms with E-state index in [0.29, 0.717) is 23.6 Å². The molecule has 2 N–H and O–H groups in total. The maximum atomic E-state index is 12.3. The Balaban J connectivity index is 2.22. The highest BCUT2D eigenvalue weighted by molar-refractivity contribution is 8.00. The predicted molar refractivity (Wildman–Crippen MR) is 72.2 cm³/mol. The lowest BCUT2D eigenvalue weighted by molar-refractivity contribution is 0.0750. The van der Waals surface area contributed by atoms with Crippen molar-refractivity contribution in [1.82, 2.24) is 4.90 Å². The zero-order valence-electron chi connectivity index (χ0n) is 10.5. The van der Waals surface area contributed by atoms with E-state index in [4.69, 9.17) is 0 Å². The van der Waals surface area contributed by atoms with E-state index in [-0.39, 0.29) is 23.0 Å². The molecule has 1 fully saturated rings. The summed E-state index contributed by atoms with van der Waals surface area (Å²) in [4.78, 5) is 14.0. The molecular weight excluding hydrogens is 250 g/mol. The van der Waals surface area contributed by atoms with Gasteiger partial charge in [-0.2, -0.15) is 11.8 Å². The molecule has 18 heavy (non-hydrogen) atoms. The molecule has 1 aliphatic rings. The number of thioether (sulfide) groups is 1. The van der Waals surface area contributed by atoms with Crippen molar-refractivity contribution >= 4 is 17.7 Å². The molecule has 1 heterocycles. The van der Waals surface area contributed by atoms with E-state index in [2.05, 4.69) is 13.8 Å². The van der Waals surface area contributed by atoms with Crippen LogP contribution >= 0.6 is 11.8 Å². The monoisotopic (exact) mass is 267 g/mol. The van der Waals surface area contributed by atoms with Crippen LogP contribution in [0.2, 0.25) is 0 Å². The van der Waals surface area contributed by atoms with Gasteiger partial charge in [-0.1, -0.05) is 13.8 Å². The fourth-order valence-electron chi connectivity index (χ4n) is 2.21. The summed E-state index contributed by atoms with van der Waals surface area (Å²) in [6.45, 7) is 5.51.